The van der Waals surface area contributed by atoms with Gasteiger partial charge in [-0.05, 0) is 36.8 Å². The molecule has 2 aromatic carbocycles. The molecule has 1 amide bonds. The SMILES string of the molecule is CCOC(=O)c1cc(-c2ccccc2)sc1NC(=O)COC(=O)c1ccc(F)c(NSC)c1. The minimum absolute atomic E-state index is 0.0930. The summed E-state index contributed by atoms with van der Waals surface area (Å²) in [5.74, 6) is -2.49. The van der Waals surface area contributed by atoms with E-state index in [2.05, 4.69) is 10.0 Å². The lowest BCUT2D eigenvalue weighted by molar-refractivity contribution is -0.119. The zero-order chi connectivity index (χ0) is 23.8. The second-order valence-electron chi connectivity index (χ2n) is 6.57. The van der Waals surface area contributed by atoms with Gasteiger partial charge in [0.25, 0.3) is 5.91 Å². The van der Waals surface area contributed by atoms with Gasteiger partial charge in [0.15, 0.2) is 6.61 Å². The zero-order valence-corrected chi connectivity index (χ0v) is 19.5. The monoisotopic (exact) mass is 488 g/mol. The normalized spacial score (nSPS) is 10.4. The quantitative estimate of drug-likeness (QED) is 0.315. The Bertz CT molecular complexity index is 1150. The van der Waals surface area contributed by atoms with Crippen molar-refractivity contribution in [2.75, 3.05) is 29.5 Å². The molecule has 3 aromatic rings. The molecule has 7 nitrogen and oxygen atoms in total. The molecule has 0 unspecified atom stereocenters. The van der Waals surface area contributed by atoms with E-state index >= 15 is 0 Å². The van der Waals surface area contributed by atoms with E-state index in [0.29, 0.717) is 5.00 Å². The summed E-state index contributed by atoms with van der Waals surface area (Å²) in [4.78, 5) is 37.9. The first kappa shape index (κ1) is 24.3. The van der Waals surface area contributed by atoms with Gasteiger partial charge in [0, 0.05) is 11.1 Å². The van der Waals surface area contributed by atoms with Crippen LogP contribution in [0.5, 0.6) is 0 Å². The van der Waals surface area contributed by atoms with Gasteiger partial charge in [-0.15, -0.1) is 11.3 Å². The molecule has 2 N–H and O–H groups in total. The van der Waals surface area contributed by atoms with Crippen LogP contribution < -0.4 is 10.0 Å². The van der Waals surface area contributed by atoms with Gasteiger partial charge in [0.1, 0.15) is 10.8 Å². The van der Waals surface area contributed by atoms with Gasteiger partial charge in [0.2, 0.25) is 0 Å². The molecule has 0 bridgehead atoms. The molecule has 0 aliphatic rings. The van der Waals surface area contributed by atoms with E-state index in [-0.39, 0.29) is 23.4 Å². The molecular weight excluding hydrogens is 467 g/mol. The van der Waals surface area contributed by atoms with Crippen LogP contribution in [0.25, 0.3) is 10.4 Å². The molecule has 33 heavy (non-hydrogen) atoms. The molecule has 3 rings (SSSR count). The molecule has 0 radical (unpaired) electrons. The van der Waals surface area contributed by atoms with Crippen LogP contribution in [0.15, 0.2) is 54.6 Å². The molecule has 0 fully saturated rings. The van der Waals surface area contributed by atoms with E-state index in [9.17, 15) is 18.8 Å². The van der Waals surface area contributed by atoms with Gasteiger partial charge in [-0.3, -0.25) is 4.79 Å². The minimum atomic E-state index is -0.781. The highest BCUT2D eigenvalue weighted by atomic mass is 32.2. The number of thiophene rings is 1. The number of anilines is 2. The summed E-state index contributed by atoms with van der Waals surface area (Å²) in [6, 6.07) is 14.7. The number of esters is 2. The van der Waals surface area contributed by atoms with Crippen molar-refractivity contribution in [3.05, 3.63) is 71.5 Å². The summed E-state index contributed by atoms with van der Waals surface area (Å²) in [6.07, 6.45) is 1.72. The van der Waals surface area contributed by atoms with Crippen molar-refractivity contribution in [3.8, 4) is 10.4 Å². The van der Waals surface area contributed by atoms with Crippen molar-refractivity contribution in [3.63, 3.8) is 0 Å². The van der Waals surface area contributed by atoms with Gasteiger partial charge in [0.05, 0.1) is 23.4 Å². The van der Waals surface area contributed by atoms with E-state index in [1.54, 1.807) is 19.2 Å². The number of ether oxygens (including phenoxy) is 2. The van der Waals surface area contributed by atoms with Crippen LogP contribution in [0.3, 0.4) is 0 Å². The fourth-order valence-electron chi connectivity index (χ4n) is 2.81. The lowest BCUT2D eigenvalue weighted by Crippen LogP contribution is -2.21. The predicted octanol–water partition coefficient (Wildman–Crippen LogP) is 5.22. The highest BCUT2D eigenvalue weighted by Gasteiger charge is 2.21. The third-order valence-corrected chi connectivity index (χ3v) is 5.81. The van der Waals surface area contributed by atoms with Crippen LogP contribution >= 0.6 is 23.3 Å². The maximum Gasteiger partial charge on any atom is 0.341 e. The van der Waals surface area contributed by atoms with Gasteiger partial charge < -0.3 is 19.5 Å². The molecule has 0 spiro atoms. The summed E-state index contributed by atoms with van der Waals surface area (Å²) in [5.41, 5.74) is 1.32. The first-order chi connectivity index (χ1) is 15.9. The van der Waals surface area contributed by atoms with Crippen molar-refractivity contribution in [2.45, 2.75) is 6.92 Å². The van der Waals surface area contributed by atoms with Gasteiger partial charge in [-0.2, -0.15) is 0 Å². The Morgan fingerprint density at radius 2 is 1.79 bits per heavy atom. The van der Waals surface area contributed by atoms with Crippen LogP contribution in [-0.4, -0.2) is 37.3 Å². The van der Waals surface area contributed by atoms with Crippen LogP contribution in [0, 0.1) is 5.82 Å². The number of hydrogen-bond acceptors (Lipinski definition) is 8. The van der Waals surface area contributed by atoms with Gasteiger partial charge >= 0.3 is 11.9 Å². The molecule has 0 atom stereocenters. The Morgan fingerprint density at radius 3 is 2.48 bits per heavy atom. The van der Waals surface area contributed by atoms with Crippen LogP contribution in [0.1, 0.15) is 27.6 Å². The zero-order valence-electron chi connectivity index (χ0n) is 17.8. The van der Waals surface area contributed by atoms with Gasteiger partial charge in [-0.25, -0.2) is 14.0 Å². The largest absolute Gasteiger partial charge is 0.462 e. The molecule has 0 saturated carbocycles. The minimum Gasteiger partial charge on any atom is -0.462 e. The number of hydrogen-bond donors (Lipinski definition) is 2. The van der Waals surface area contributed by atoms with Crippen molar-refractivity contribution < 1.29 is 28.2 Å². The average Bonchev–Trinajstić information content (AvgIpc) is 3.23. The van der Waals surface area contributed by atoms with E-state index in [1.165, 1.54) is 35.4 Å². The summed E-state index contributed by atoms with van der Waals surface area (Å²) >= 11 is 2.38. The Hall–Kier alpha value is -3.37. The van der Waals surface area contributed by atoms with Crippen LogP contribution in [-0.2, 0) is 14.3 Å². The lowest BCUT2D eigenvalue weighted by Gasteiger charge is -2.09. The van der Waals surface area contributed by atoms with Gasteiger partial charge in [-0.1, -0.05) is 42.3 Å². The molecule has 1 aromatic heterocycles. The summed E-state index contributed by atoms with van der Waals surface area (Å²) in [7, 11) is 0. The number of rotatable bonds is 9. The van der Waals surface area contributed by atoms with Crippen LogP contribution in [0.2, 0.25) is 0 Å². The van der Waals surface area contributed by atoms with Crippen molar-refractivity contribution in [1.82, 2.24) is 0 Å². The number of carbonyl (C=O) groups excluding carboxylic acids is 3. The topological polar surface area (TPSA) is 93.7 Å². The van der Waals surface area contributed by atoms with E-state index in [4.69, 9.17) is 9.47 Å². The fraction of sp³-hybridized carbons (Fsp3) is 0.174. The molecular formula is C23H21FN2O5S2. The average molecular weight is 489 g/mol. The van der Waals surface area contributed by atoms with E-state index < -0.39 is 30.3 Å². The Balaban J connectivity index is 1.70. The van der Waals surface area contributed by atoms with Crippen LogP contribution in [0.4, 0.5) is 15.1 Å². The highest BCUT2D eigenvalue weighted by molar-refractivity contribution is 7.99. The molecule has 172 valence electrons. The molecule has 0 saturated heterocycles. The summed E-state index contributed by atoms with van der Waals surface area (Å²) in [6.45, 7) is 1.30. The fourth-order valence-corrected chi connectivity index (χ4v) is 4.25. The number of amides is 1. The molecule has 0 aliphatic carbocycles. The smallest absolute Gasteiger partial charge is 0.341 e. The third-order valence-electron chi connectivity index (χ3n) is 4.29. The number of nitrogens with one attached hydrogen (secondary N) is 2. The lowest BCUT2D eigenvalue weighted by atomic mass is 10.1. The van der Waals surface area contributed by atoms with Crippen molar-refractivity contribution in [2.24, 2.45) is 0 Å². The second kappa shape index (κ2) is 11.5. The maximum atomic E-state index is 13.7. The highest BCUT2D eigenvalue weighted by Crippen LogP contribution is 2.36. The molecule has 10 heteroatoms. The Labute approximate surface area is 198 Å². The maximum absolute atomic E-state index is 13.7. The Kier molecular flexibility index (Phi) is 8.45. The number of carbonyl (C=O) groups is 3. The second-order valence-corrected chi connectivity index (χ2v) is 8.23. The van der Waals surface area contributed by atoms with Crippen molar-refractivity contribution in [1.29, 1.82) is 0 Å². The third kappa shape index (κ3) is 6.33. The summed E-state index contributed by atoms with van der Waals surface area (Å²) < 4.78 is 26.6. The molecule has 1 heterocycles. The summed E-state index contributed by atoms with van der Waals surface area (Å²) in [5, 5.41) is 2.91. The number of benzene rings is 2. The standard InChI is InChI=1S/C23H21FN2O5S2/c1-3-30-23(29)16-12-19(14-7-5-4-6-8-14)33-21(16)25-20(27)13-31-22(28)15-9-10-17(24)18(11-15)26-32-2/h4-12,26H,3,13H2,1-2H3,(H,25,27). The first-order valence-corrected chi connectivity index (χ1v) is 11.9. The first-order valence-electron chi connectivity index (χ1n) is 9.84. The Morgan fingerprint density at radius 1 is 1.03 bits per heavy atom. The molecule has 0 aliphatic heterocycles. The van der Waals surface area contributed by atoms with Crippen molar-refractivity contribution >= 4 is 51.8 Å². The predicted molar refractivity (Wildman–Crippen MR) is 128 cm³/mol. The van der Waals surface area contributed by atoms with E-state index in [1.807, 2.05) is 30.3 Å². The van der Waals surface area contributed by atoms with E-state index in [0.717, 1.165) is 16.5 Å². The number of halogens is 1.